The van der Waals surface area contributed by atoms with Gasteiger partial charge in [0.25, 0.3) is 5.91 Å². The first kappa shape index (κ1) is 52.5. The number of likely N-dealkylation sites (N-methyl/N-ethyl adjacent to an activating group) is 3. The highest BCUT2D eigenvalue weighted by molar-refractivity contribution is 6.30. The van der Waals surface area contributed by atoms with Gasteiger partial charge in [-0.1, -0.05) is 39.3 Å². The molecular weight excluding hydrogens is 827 g/mol. The van der Waals surface area contributed by atoms with Crippen molar-refractivity contribution < 1.29 is 56.6 Å². The van der Waals surface area contributed by atoms with E-state index >= 15 is 0 Å². The van der Waals surface area contributed by atoms with Crippen molar-refractivity contribution in [2.24, 2.45) is 5.92 Å². The smallest absolute Gasteiger partial charge is 0.426 e. The molecule has 0 aliphatic carbocycles. The molecule has 16 nitrogen and oxygen atoms in total. The normalized spacial score (nSPS) is 22.1. The third-order valence-corrected chi connectivity index (χ3v) is 11.0. The van der Waals surface area contributed by atoms with Crippen molar-refractivity contribution in [2.45, 2.75) is 141 Å². The van der Waals surface area contributed by atoms with E-state index in [0.29, 0.717) is 29.2 Å². The van der Waals surface area contributed by atoms with Crippen LogP contribution in [-0.2, 0) is 40.0 Å². The Labute approximate surface area is 361 Å². The van der Waals surface area contributed by atoms with Gasteiger partial charge < -0.3 is 45.8 Å². The maximum absolute atomic E-state index is 14.7. The summed E-state index contributed by atoms with van der Waals surface area (Å²) in [5.74, 6) is -5.67. The molecule has 1 aromatic carbocycles. The highest BCUT2D eigenvalue weighted by Crippen LogP contribution is 2.30. The summed E-state index contributed by atoms with van der Waals surface area (Å²) in [4.78, 5) is 100. The van der Waals surface area contributed by atoms with Gasteiger partial charge in [-0.3, -0.25) is 33.6 Å². The zero-order valence-electron chi connectivity index (χ0n) is 36.7. The summed E-state index contributed by atoms with van der Waals surface area (Å²) in [6, 6.07) is -2.60. The van der Waals surface area contributed by atoms with Gasteiger partial charge in [-0.15, -0.1) is 0 Å². The van der Waals surface area contributed by atoms with E-state index in [2.05, 4.69) is 16.0 Å². The monoisotopic (exact) mass is 889 g/mol. The average Bonchev–Trinajstić information content (AvgIpc) is 3.19. The minimum Gasteiger partial charge on any atom is -0.496 e. The van der Waals surface area contributed by atoms with Crippen LogP contribution >= 0.6 is 11.6 Å². The lowest BCUT2D eigenvalue weighted by Crippen LogP contribution is -2.61. The van der Waals surface area contributed by atoms with Crippen LogP contribution in [0.15, 0.2) is 18.2 Å². The second-order valence-electron chi connectivity index (χ2n) is 15.9. The quantitative estimate of drug-likeness (QED) is 0.186. The van der Waals surface area contributed by atoms with Crippen molar-refractivity contribution >= 4 is 53.0 Å². The predicted octanol–water partition coefficient (Wildman–Crippen LogP) is 2.72. The maximum atomic E-state index is 14.7. The summed E-state index contributed by atoms with van der Waals surface area (Å²) in [5.41, 5.74) is -3.28. The molecule has 0 bridgehead atoms. The molecule has 7 amide bonds. The average molecular weight is 890 g/mol. The van der Waals surface area contributed by atoms with Crippen molar-refractivity contribution in [1.82, 2.24) is 36.0 Å². The Hall–Kier alpha value is -4.65. The molecular formula is C41H63ClF3N7O9. The molecule has 1 aromatic rings. The molecule has 1 aliphatic rings. The van der Waals surface area contributed by atoms with Crippen LogP contribution in [0.5, 0.6) is 5.75 Å². The standard InChI is InChI=1S/C41H63ClF3N7O9/c1-11-27(49-39(59)40(7,60)41(43,44)45)33(53)47-28(12-2)37(57)51(9)30-16-14-15-19-50(8)36(56)24(6)46-35(55)31(22-25-21-26(42)17-18-32(25)61-10)52(13-3)38(58)29(20-23(4)5)48-34(30)54/h17-18,21,23-24,27-31,60H,11-16,19-20,22H2,1-10H3,(H,46,55)(H,47,53)(H,48,54)(H,49,59)/t24-,27+,28+,29+,30+,31+,40-/m1/s1. The van der Waals surface area contributed by atoms with Gasteiger partial charge in [0.2, 0.25) is 41.0 Å². The molecule has 1 saturated heterocycles. The molecule has 1 heterocycles. The van der Waals surface area contributed by atoms with Gasteiger partial charge in [-0.05, 0) is 89.0 Å². The number of ether oxygens (including phenoxy) is 1. The first-order chi connectivity index (χ1) is 28.4. The number of nitrogens with one attached hydrogen (secondary N) is 4. The molecule has 2 rings (SSSR count). The lowest BCUT2D eigenvalue weighted by Gasteiger charge is -2.36. The molecule has 7 atom stereocenters. The topological polar surface area (TPSA) is 207 Å². The van der Waals surface area contributed by atoms with Gasteiger partial charge >= 0.3 is 6.18 Å². The number of nitrogens with zero attached hydrogens (tertiary/aromatic N) is 3. The van der Waals surface area contributed by atoms with E-state index in [1.165, 1.54) is 30.9 Å². The summed E-state index contributed by atoms with van der Waals surface area (Å²) in [5, 5.41) is 20.1. The molecule has 0 aromatic heterocycles. The van der Waals surface area contributed by atoms with Gasteiger partial charge in [0.15, 0.2) is 0 Å². The summed E-state index contributed by atoms with van der Waals surface area (Å²) >= 11 is 6.33. The number of hydrogen-bond donors (Lipinski definition) is 5. The van der Waals surface area contributed by atoms with E-state index in [4.69, 9.17) is 16.3 Å². The minimum atomic E-state index is -5.33. The maximum Gasteiger partial charge on any atom is 0.426 e. The summed E-state index contributed by atoms with van der Waals surface area (Å²) in [6.45, 7) is 10.4. The Balaban J connectivity index is 2.58. The third kappa shape index (κ3) is 13.9. The number of hydrogen-bond acceptors (Lipinski definition) is 9. The largest absolute Gasteiger partial charge is 0.496 e. The van der Waals surface area contributed by atoms with Crippen LogP contribution in [0, 0.1) is 5.92 Å². The zero-order valence-corrected chi connectivity index (χ0v) is 37.5. The van der Waals surface area contributed by atoms with Crippen LogP contribution in [-0.4, -0.2) is 143 Å². The van der Waals surface area contributed by atoms with Crippen LogP contribution < -0.4 is 26.0 Å². The SMILES string of the molecule is CC[C@H](NC(=O)[C@@](C)(O)C(F)(F)F)C(=O)N[C@@H](CC)C(=O)N(C)[C@H]1CCCCN(C)C(=O)[C@@H](C)NC(=O)[C@H](Cc2cc(Cl)ccc2OC)N(CC)C(=O)[C@H](CC(C)C)NC1=O. The molecule has 1 fully saturated rings. The van der Waals surface area contributed by atoms with Gasteiger partial charge in [0.1, 0.15) is 42.0 Å². The second kappa shape index (κ2) is 23.0. The van der Waals surface area contributed by atoms with Gasteiger partial charge in [0, 0.05) is 38.6 Å². The number of carbonyl (C=O) groups excluding carboxylic acids is 7. The molecule has 0 spiro atoms. The number of methoxy groups -OCH3 is 1. The van der Waals surface area contributed by atoms with Gasteiger partial charge in [-0.2, -0.15) is 13.2 Å². The highest BCUT2D eigenvalue weighted by atomic mass is 35.5. The first-order valence-electron chi connectivity index (χ1n) is 20.5. The fourth-order valence-corrected chi connectivity index (χ4v) is 7.13. The molecule has 1 aliphatic heterocycles. The summed E-state index contributed by atoms with van der Waals surface area (Å²) in [7, 11) is 4.35. The van der Waals surface area contributed by atoms with E-state index < -0.39 is 89.4 Å². The fraction of sp³-hybridized carbons (Fsp3) is 0.683. The predicted molar refractivity (Wildman–Crippen MR) is 221 cm³/mol. The number of halogens is 4. The van der Waals surface area contributed by atoms with E-state index in [1.54, 1.807) is 46.0 Å². The molecule has 0 unspecified atom stereocenters. The number of carbonyl (C=O) groups is 7. The highest BCUT2D eigenvalue weighted by Gasteiger charge is 2.56. The van der Waals surface area contributed by atoms with Crippen molar-refractivity contribution in [3.8, 4) is 5.75 Å². The fourth-order valence-electron chi connectivity index (χ4n) is 6.94. The minimum absolute atomic E-state index is 0.0130. The summed E-state index contributed by atoms with van der Waals surface area (Å²) in [6.07, 6.45) is -4.74. The van der Waals surface area contributed by atoms with Gasteiger partial charge in [-0.25, -0.2) is 0 Å². The van der Waals surface area contributed by atoms with E-state index in [9.17, 15) is 51.8 Å². The Kier molecular flexibility index (Phi) is 19.8. The van der Waals surface area contributed by atoms with E-state index in [1.807, 2.05) is 19.2 Å². The van der Waals surface area contributed by atoms with Crippen molar-refractivity contribution in [3.63, 3.8) is 0 Å². The van der Waals surface area contributed by atoms with Crippen molar-refractivity contribution in [2.75, 3.05) is 34.3 Å². The van der Waals surface area contributed by atoms with E-state index in [0.717, 1.165) is 4.90 Å². The zero-order chi connectivity index (χ0) is 46.6. The van der Waals surface area contributed by atoms with Crippen LogP contribution in [0.3, 0.4) is 0 Å². The Morgan fingerprint density at radius 3 is 2.16 bits per heavy atom. The summed E-state index contributed by atoms with van der Waals surface area (Å²) < 4.78 is 45.5. The molecule has 5 N–H and O–H groups in total. The lowest BCUT2D eigenvalue weighted by atomic mass is 9.97. The lowest BCUT2D eigenvalue weighted by molar-refractivity contribution is -0.245. The number of amides is 7. The number of aliphatic hydroxyl groups is 1. The molecule has 0 saturated carbocycles. The number of benzene rings is 1. The molecule has 20 heteroatoms. The van der Waals surface area contributed by atoms with Crippen molar-refractivity contribution in [3.05, 3.63) is 28.8 Å². The van der Waals surface area contributed by atoms with Crippen LogP contribution in [0.25, 0.3) is 0 Å². The van der Waals surface area contributed by atoms with Crippen LogP contribution in [0.2, 0.25) is 5.02 Å². The Morgan fingerprint density at radius 2 is 1.62 bits per heavy atom. The Bertz CT molecular complexity index is 1730. The van der Waals surface area contributed by atoms with Gasteiger partial charge in [0.05, 0.1) is 7.11 Å². The second-order valence-corrected chi connectivity index (χ2v) is 16.4. The molecule has 0 radical (unpaired) electrons. The molecule has 344 valence electrons. The van der Waals surface area contributed by atoms with Crippen molar-refractivity contribution in [1.29, 1.82) is 0 Å². The Morgan fingerprint density at radius 1 is 1.00 bits per heavy atom. The first-order valence-corrected chi connectivity index (χ1v) is 20.9. The number of alkyl halides is 3. The van der Waals surface area contributed by atoms with Crippen LogP contribution in [0.1, 0.15) is 92.6 Å². The molecule has 61 heavy (non-hydrogen) atoms. The van der Waals surface area contributed by atoms with E-state index in [-0.39, 0.29) is 58.0 Å². The third-order valence-electron chi connectivity index (χ3n) is 10.8. The number of rotatable bonds is 14. The van der Waals surface area contributed by atoms with Crippen LogP contribution in [0.4, 0.5) is 13.2 Å².